The van der Waals surface area contributed by atoms with Gasteiger partial charge in [-0.25, -0.2) is 8.42 Å². The number of nitrogen functional groups attached to an aromatic ring is 1. The van der Waals surface area contributed by atoms with E-state index in [9.17, 15) is 23.3 Å². The first kappa shape index (κ1) is 14.3. The Bertz CT molecular complexity index is 671. The molecule has 0 bridgehead atoms. The second-order valence-corrected chi connectivity index (χ2v) is 6.83. The molecule has 0 spiro atoms. The molecule has 8 nitrogen and oxygen atoms in total. The highest BCUT2D eigenvalue weighted by Crippen LogP contribution is 2.20. The summed E-state index contributed by atoms with van der Waals surface area (Å²) in [7, 11) is -3.11. The molecule has 1 saturated heterocycles. The predicted octanol–water partition coefficient (Wildman–Crippen LogP) is 0.0939. The van der Waals surface area contributed by atoms with Crippen LogP contribution in [0, 0.1) is 10.1 Å². The van der Waals surface area contributed by atoms with Crippen molar-refractivity contribution in [3.8, 4) is 0 Å². The maximum Gasteiger partial charge on any atom is 0.270 e. The summed E-state index contributed by atoms with van der Waals surface area (Å²) in [6.07, 6.45) is 0.336. The average molecular weight is 299 g/mol. The number of carbonyl (C=O) groups is 1. The highest BCUT2D eigenvalue weighted by atomic mass is 32.2. The van der Waals surface area contributed by atoms with E-state index in [-0.39, 0.29) is 28.4 Å². The molecule has 0 saturated carbocycles. The number of anilines is 1. The van der Waals surface area contributed by atoms with Crippen molar-refractivity contribution >= 4 is 27.1 Å². The number of benzene rings is 1. The molecular formula is C11H13N3O5S. The van der Waals surface area contributed by atoms with Gasteiger partial charge in [-0.15, -0.1) is 0 Å². The van der Waals surface area contributed by atoms with Gasteiger partial charge in [0.05, 0.1) is 22.0 Å². The van der Waals surface area contributed by atoms with E-state index in [1.165, 1.54) is 12.1 Å². The van der Waals surface area contributed by atoms with Crippen LogP contribution in [0.15, 0.2) is 18.2 Å². The normalized spacial score (nSPS) is 20.5. The van der Waals surface area contributed by atoms with Gasteiger partial charge in [-0.1, -0.05) is 0 Å². The number of hydrogen-bond acceptors (Lipinski definition) is 6. The minimum Gasteiger partial charge on any atom is -0.398 e. The number of rotatable bonds is 3. The Balaban J connectivity index is 2.17. The molecule has 1 heterocycles. The van der Waals surface area contributed by atoms with Gasteiger partial charge in [-0.2, -0.15) is 0 Å². The lowest BCUT2D eigenvalue weighted by atomic mass is 10.1. The maximum atomic E-state index is 12.0. The van der Waals surface area contributed by atoms with Gasteiger partial charge in [0.25, 0.3) is 11.6 Å². The molecule has 1 aliphatic heterocycles. The Kier molecular flexibility index (Phi) is 3.62. The van der Waals surface area contributed by atoms with Crippen molar-refractivity contribution in [3.63, 3.8) is 0 Å². The second-order valence-electron chi connectivity index (χ2n) is 4.60. The van der Waals surface area contributed by atoms with Gasteiger partial charge in [-0.05, 0) is 12.5 Å². The molecule has 2 rings (SSSR count). The molecule has 0 radical (unpaired) electrons. The third-order valence-corrected chi connectivity index (χ3v) is 4.83. The van der Waals surface area contributed by atoms with E-state index in [0.717, 1.165) is 6.07 Å². The van der Waals surface area contributed by atoms with E-state index < -0.39 is 26.7 Å². The first-order chi connectivity index (χ1) is 9.28. The summed E-state index contributed by atoms with van der Waals surface area (Å²) >= 11 is 0. The zero-order chi connectivity index (χ0) is 14.9. The second kappa shape index (κ2) is 5.08. The van der Waals surface area contributed by atoms with Gasteiger partial charge in [-0.3, -0.25) is 14.9 Å². The summed E-state index contributed by atoms with van der Waals surface area (Å²) < 4.78 is 22.6. The van der Waals surface area contributed by atoms with E-state index in [1.807, 2.05) is 0 Å². The van der Waals surface area contributed by atoms with Crippen LogP contribution >= 0.6 is 0 Å². The highest BCUT2D eigenvalue weighted by molar-refractivity contribution is 7.91. The van der Waals surface area contributed by atoms with Crippen molar-refractivity contribution < 1.29 is 18.1 Å². The summed E-state index contributed by atoms with van der Waals surface area (Å²) in [6.45, 7) is 0. The molecule has 1 fully saturated rings. The molecule has 1 aromatic carbocycles. The molecule has 108 valence electrons. The molecule has 1 atom stereocenters. The molecule has 1 amide bonds. The number of nitrogens with zero attached hydrogens (tertiary/aromatic N) is 1. The van der Waals surface area contributed by atoms with E-state index in [4.69, 9.17) is 5.73 Å². The molecule has 1 aromatic rings. The largest absolute Gasteiger partial charge is 0.398 e. The Morgan fingerprint density at radius 3 is 2.70 bits per heavy atom. The monoisotopic (exact) mass is 299 g/mol. The van der Waals surface area contributed by atoms with Crippen LogP contribution in [0.3, 0.4) is 0 Å². The van der Waals surface area contributed by atoms with E-state index in [0.29, 0.717) is 6.42 Å². The van der Waals surface area contributed by atoms with E-state index in [2.05, 4.69) is 5.32 Å². The number of amides is 1. The van der Waals surface area contributed by atoms with Crippen LogP contribution in [0.4, 0.5) is 11.4 Å². The molecular weight excluding hydrogens is 286 g/mol. The number of nitro benzene ring substituents is 1. The lowest BCUT2D eigenvalue weighted by Gasteiger charge is -2.12. The Labute approximate surface area is 115 Å². The minimum atomic E-state index is -3.11. The zero-order valence-corrected chi connectivity index (χ0v) is 11.2. The fourth-order valence-corrected chi connectivity index (χ4v) is 3.70. The number of nitro groups is 1. The number of sulfone groups is 1. The van der Waals surface area contributed by atoms with Gasteiger partial charge in [0, 0.05) is 23.9 Å². The molecule has 1 aliphatic rings. The Hall–Kier alpha value is -2.16. The number of non-ortho nitro benzene ring substituents is 1. The Morgan fingerprint density at radius 1 is 1.45 bits per heavy atom. The van der Waals surface area contributed by atoms with Crippen LogP contribution in [0.1, 0.15) is 16.8 Å². The average Bonchev–Trinajstić information content (AvgIpc) is 2.68. The lowest BCUT2D eigenvalue weighted by Crippen LogP contribution is -2.36. The molecule has 20 heavy (non-hydrogen) atoms. The summed E-state index contributed by atoms with van der Waals surface area (Å²) in [5, 5.41) is 13.2. The van der Waals surface area contributed by atoms with Crippen molar-refractivity contribution in [2.24, 2.45) is 0 Å². The molecule has 0 aliphatic carbocycles. The zero-order valence-electron chi connectivity index (χ0n) is 10.4. The van der Waals surface area contributed by atoms with Crippen LogP contribution in [0.2, 0.25) is 0 Å². The fraction of sp³-hybridized carbons (Fsp3) is 0.364. The number of nitrogens with two attached hydrogens (primary N) is 1. The number of nitrogens with one attached hydrogen (secondary N) is 1. The van der Waals surface area contributed by atoms with Crippen molar-refractivity contribution in [1.29, 1.82) is 0 Å². The molecule has 0 aromatic heterocycles. The summed E-state index contributed by atoms with van der Waals surface area (Å²) in [4.78, 5) is 22.0. The van der Waals surface area contributed by atoms with Gasteiger partial charge < -0.3 is 11.1 Å². The van der Waals surface area contributed by atoms with E-state index in [1.54, 1.807) is 0 Å². The third kappa shape index (κ3) is 3.05. The first-order valence-corrected chi connectivity index (χ1v) is 7.66. The van der Waals surface area contributed by atoms with Gasteiger partial charge >= 0.3 is 0 Å². The maximum absolute atomic E-state index is 12.0. The van der Waals surface area contributed by atoms with E-state index >= 15 is 0 Å². The fourth-order valence-electron chi connectivity index (χ4n) is 2.03. The highest BCUT2D eigenvalue weighted by Gasteiger charge is 2.29. The van der Waals surface area contributed by atoms with Crippen LogP contribution in [0.25, 0.3) is 0 Å². The quantitative estimate of drug-likeness (QED) is 0.462. The van der Waals surface area contributed by atoms with Crippen LogP contribution in [0.5, 0.6) is 0 Å². The molecule has 3 N–H and O–H groups in total. The van der Waals surface area contributed by atoms with Crippen molar-refractivity contribution in [3.05, 3.63) is 33.9 Å². The predicted molar refractivity (Wildman–Crippen MR) is 72.0 cm³/mol. The van der Waals surface area contributed by atoms with Gasteiger partial charge in [0.15, 0.2) is 9.84 Å². The van der Waals surface area contributed by atoms with Gasteiger partial charge in [0.1, 0.15) is 0 Å². The third-order valence-electron chi connectivity index (χ3n) is 3.06. The van der Waals surface area contributed by atoms with Crippen molar-refractivity contribution in [2.75, 3.05) is 17.2 Å². The Morgan fingerprint density at radius 2 is 2.15 bits per heavy atom. The first-order valence-electron chi connectivity index (χ1n) is 5.84. The topological polar surface area (TPSA) is 132 Å². The standard InChI is InChI=1S/C11H13N3O5S/c12-10-2-1-8(14(16)17)5-9(10)11(15)13-7-3-4-20(18,19)6-7/h1-2,5,7H,3-4,6,12H2,(H,13,15). The number of hydrogen-bond donors (Lipinski definition) is 2. The molecule has 9 heteroatoms. The minimum absolute atomic E-state index is 0.0245. The lowest BCUT2D eigenvalue weighted by molar-refractivity contribution is -0.384. The summed E-state index contributed by atoms with van der Waals surface area (Å²) in [6, 6.07) is 3.07. The summed E-state index contributed by atoms with van der Waals surface area (Å²) in [5.74, 6) is -0.691. The van der Waals surface area contributed by atoms with Crippen LogP contribution in [-0.2, 0) is 9.84 Å². The smallest absolute Gasteiger partial charge is 0.270 e. The van der Waals surface area contributed by atoms with Crippen molar-refractivity contribution in [2.45, 2.75) is 12.5 Å². The van der Waals surface area contributed by atoms with Crippen LogP contribution in [-0.4, -0.2) is 36.8 Å². The van der Waals surface area contributed by atoms with Crippen LogP contribution < -0.4 is 11.1 Å². The van der Waals surface area contributed by atoms with Gasteiger partial charge in [0.2, 0.25) is 0 Å². The molecule has 1 unspecified atom stereocenters. The SMILES string of the molecule is Nc1ccc([N+](=O)[O-])cc1C(=O)NC1CCS(=O)(=O)C1. The number of carbonyl (C=O) groups excluding carboxylic acids is 1. The summed E-state index contributed by atoms with van der Waals surface area (Å²) in [5.41, 5.74) is 5.45. The van der Waals surface area contributed by atoms with Crippen molar-refractivity contribution in [1.82, 2.24) is 5.32 Å².